The summed E-state index contributed by atoms with van der Waals surface area (Å²) in [6.07, 6.45) is 1.13. The van der Waals surface area contributed by atoms with Crippen LogP contribution < -0.4 is 5.32 Å². The zero-order valence-corrected chi connectivity index (χ0v) is 13.1. The van der Waals surface area contributed by atoms with E-state index in [1.54, 1.807) is 19.1 Å². The van der Waals surface area contributed by atoms with E-state index in [1.807, 2.05) is 0 Å². The number of nitrogens with one attached hydrogen (secondary N) is 1. The highest BCUT2D eigenvalue weighted by molar-refractivity contribution is 9.10. The zero-order chi connectivity index (χ0) is 13.9. The molecule has 100 valence electrons. The van der Waals surface area contributed by atoms with Gasteiger partial charge in [0.05, 0.1) is 11.3 Å². The molecule has 1 amide bonds. The van der Waals surface area contributed by atoms with Crippen LogP contribution in [-0.2, 0) is 9.84 Å². The van der Waals surface area contributed by atoms with Crippen molar-refractivity contribution in [2.75, 3.05) is 12.0 Å². The van der Waals surface area contributed by atoms with Gasteiger partial charge in [-0.1, -0.05) is 11.6 Å². The number of hydrogen-bond donors (Lipinski definition) is 1. The molecule has 0 aliphatic heterocycles. The minimum absolute atomic E-state index is 0.100. The van der Waals surface area contributed by atoms with Crippen molar-refractivity contribution in [2.45, 2.75) is 13.0 Å². The third-order valence-electron chi connectivity index (χ3n) is 2.10. The molecule has 1 aromatic carbocycles. The van der Waals surface area contributed by atoms with E-state index < -0.39 is 15.9 Å². The molecular formula is C11H13BrClNO3S. The largest absolute Gasteiger partial charge is 0.349 e. The van der Waals surface area contributed by atoms with Gasteiger partial charge in [-0.05, 0) is 41.1 Å². The van der Waals surface area contributed by atoms with Crippen LogP contribution in [0.25, 0.3) is 0 Å². The Morgan fingerprint density at radius 2 is 2.11 bits per heavy atom. The molecule has 7 heteroatoms. The van der Waals surface area contributed by atoms with E-state index >= 15 is 0 Å². The van der Waals surface area contributed by atoms with Crippen molar-refractivity contribution in [1.82, 2.24) is 5.32 Å². The van der Waals surface area contributed by atoms with Crippen LogP contribution in [0.15, 0.2) is 22.7 Å². The van der Waals surface area contributed by atoms with Gasteiger partial charge < -0.3 is 5.32 Å². The Kier molecular flexibility index (Phi) is 5.19. The van der Waals surface area contributed by atoms with Crippen molar-refractivity contribution in [3.63, 3.8) is 0 Å². The Hall–Kier alpha value is -0.590. The van der Waals surface area contributed by atoms with Crippen LogP contribution in [0.4, 0.5) is 0 Å². The zero-order valence-electron chi connectivity index (χ0n) is 9.91. The second kappa shape index (κ2) is 6.04. The van der Waals surface area contributed by atoms with Crippen molar-refractivity contribution < 1.29 is 13.2 Å². The summed E-state index contributed by atoms with van der Waals surface area (Å²) < 4.78 is 22.8. The highest BCUT2D eigenvalue weighted by atomic mass is 79.9. The molecule has 0 saturated carbocycles. The van der Waals surface area contributed by atoms with Crippen molar-refractivity contribution in [1.29, 1.82) is 0 Å². The normalized spacial score (nSPS) is 13.1. The number of sulfone groups is 1. The molecule has 0 bridgehead atoms. The number of hydrogen-bond acceptors (Lipinski definition) is 3. The lowest BCUT2D eigenvalue weighted by Gasteiger charge is -2.13. The molecule has 18 heavy (non-hydrogen) atoms. The number of benzene rings is 1. The van der Waals surface area contributed by atoms with Crippen LogP contribution in [0.2, 0.25) is 5.02 Å². The number of rotatable bonds is 4. The van der Waals surface area contributed by atoms with Gasteiger partial charge in [0.1, 0.15) is 9.84 Å². The molecule has 0 saturated heterocycles. The lowest BCUT2D eigenvalue weighted by atomic mass is 10.2. The van der Waals surface area contributed by atoms with E-state index in [1.165, 1.54) is 6.07 Å². The summed E-state index contributed by atoms with van der Waals surface area (Å²) in [5, 5.41) is 3.06. The first-order valence-electron chi connectivity index (χ1n) is 5.12. The molecule has 0 aliphatic carbocycles. The molecule has 0 heterocycles. The molecule has 0 aliphatic rings. The van der Waals surface area contributed by atoms with Gasteiger partial charge >= 0.3 is 0 Å². The first-order chi connectivity index (χ1) is 8.19. The standard InChI is InChI=1S/C11H13BrClNO3S/c1-7(6-18(2,16)17)14-11(15)9-5-8(13)3-4-10(9)12/h3-5,7H,6H2,1-2H3,(H,14,15). The van der Waals surface area contributed by atoms with Crippen LogP contribution in [-0.4, -0.2) is 32.4 Å². The van der Waals surface area contributed by atoms with Gasteiger partial charge in [0.2, 0.25) is 0 Å². The molecule has 0 fully saturated rings. The summed E-state index contributed by atoms with van der Waals surface area (Å²) in [7, 11) is -3.12. The Balaban J connectivity index is 2.80. The third-order valence-corrected chi connectivity index (χ3v) is 4.14. The fourth-order valence-electron chi connectivity index (χ4n) is 1.47. The maximum atomic E-state index is 11.9. The quantitative estimate of drug-likeness (QED) is 0.902. The predicted octanol–water partition coefficient (Wildman–Crippen LogP) is 2.27. The van der Waals surface area contributed by atoms with E-state index in [2.05, 4.69) is 21.2 Å². The van der Waals surface area contributed by atoms with Crippen LogP contribution in [0, 0.1) is 0 Å². The summed E-state index contributed by atoms with van der Waals surface area (Å²) in [6.45, 7) is 1.64. The van der Waals surface area contributed by atoms with Crippen molar-refractivity contribution in [2.24, 2.45) is 0 Å². The van der Waals surface area contributed by atoms with Gasteiger partial charge in [-0.2, -0.15) is 0 Å². The lowest BCUT2D eigenvalue weighted by Crippen LogP contribution is -2.37. The van der Waals surface area contributed by atoms with Crippen LogP contribution in [0.1, 0.15) is 17.3 Å². The molecular weight excluding hydrogens is 342 g/mol. The predicted molar refractivity (Wildman–Crippen MR) is 75.8 cm³/mol. The average molecular weight is 355 g/mol. The molecule has 0 spiro atoms. The van der Waals surface area contributed by atoms with E-state index in [-0.39, 0.29) is 11.7 Å². The van der Waals surface area contributed by atoms with Crippen LogP contribution in [0.3, 0.4) is 0 Å². The second-order valence-electron chi connectivity index (χ2n) is 4.09. The molecule has 1 rings (SSSR count). The number of halogens is 2. The lowest BCUT2D eigenvalue weighted by molar-refractivity contribution is 0.0943. The minimum Gasteiger partial charge on any atom is -0.349 e. The van der Waals surface area contributed by atoms with Crippen molar-refractivity contribution in [3.05, 3.63) is 33.3 Å². The maximum absolute atomic E-state index is 11.9. The molecule has 1 aromatic rings. The van der Waals surface area contributed by atoms with E-state index in [0.29, 0.717) is 15.1 Å². The van der Waals surface area contributed by atoms with Gasteiger partial charge in [-0.15, -0.1) is 0 Å². The number of carbonyl (C=O) groups is 1. The molecule has 1 unspecified atom stereocenters. The maximum Gasteiger partial charge on any atom is 0.252 e. The molecule has 1 N–H and O–H groups in total. The van der Waals surface area contributed by atoms with Crippen LogP contribution in [0.5, 0.6) is 0 Å². The number of carbonyl (C=O) groups excluding carboxylic acids is 1. The smallest absolute Gasteiger partial charge is 0.252 e. The Morgan fingerprint density at radius 3 is 2.67 bits per heavy atom. The third kappa shape index (κ3) is 4.96. The molecule has 0 aromatic heterocycles. The fraction of sp³-hybridized carbons (Fsp3) is 0.364. The van der Waals surface area contributed by atoms with E-state index in [9.17, 15) is 13.2 Å². The van der Waals surface area contributed by atoms with E-state index in [4.69, 9.17) is 11.6 Å². The molecule has 4 nitrogen and oxygen atoms in total. The summed E-state index contributed by atoms with van der Waals surface area (Å²) in [6, 6.07) is 4.38. The second-order valence-corrected chi connectivity index (χ2v) is 7.57. The van der Waals surface area contributed by atoms with Gasteiger partial charge in [-0.3, -0.25) is 4.79 Å². The molecule has 1 atom stereocenters. The Morgan fingerprint density at radius 1 is 1.50 bits per heavy atom. The van der Waals surface area contributed by atoms with Gasteiger partial charge in [-0.25, -0.2) is 8.42 Å². The fourth-order valence-corrected chi connectivity index (χ4v) is 3.06. The monoisotopic (exact) mass is 353 g/mol. The van der Waals surface area contributed by atoms with Gasteiger partial charge in [0, 0.05) is 21.8 Å². The van der Waals surface area contributed by atoms with Gasteiger partial charge in [0.25, 0.3) is 5.91 Å². The average Bonchev–Trinajstić information content (AvgIpc) is 2.18. The first-order valence-corrected chi connectivity index (χ1v) is 8.36. The van der Waals surface area contributed by atoms with Crippen molar-refractivity contribution in [3.8, 4) is 0 Å². The molecule has 0 radical (unpaired) electrons. The summed E-state index contributed by atoms with van der Waals surface area (Å²) in [4.78, 5) is 11.9. The SMILES string of the molecule is CC(CS(C)(=O)=O)NC(=O)c1cc(Cl)ccc1Br. The highest BCUT2D eigenvalue weighted by Gasteiger charge is 2.16. The Bertz CT molecular complexity index is 559. The summed E-state index contributed by atoms with van der Waals surface area (Å²) >= 11 is 9.05. The minimum atomic E-state index is -3.12. The topological polar surface area (TPSA) is 63.2 Å². The summed E-state index contributed by atoms with van der Waals surface area (Å²) in [5.41, 5.74) is 0.378. The van der Waals surface area contributed by atoms with E-state index in [0.717, 1.165) is 6.26 Å². The first kappa shape index (κ1) is 15.5. The number of amides is 1. The van der Waals surface area contributed by atoms with Gasteiger partial charge in [0.15, 0.2) is 0 Å². The van der Waals surface area contributed by atoms with Crippen molar-refractivity contribution >= 4 is 43.3 Å². The summed E-state index contributed by atoms with van der Waals surface area (Å²) in [5.74, 6) is -0.461. The highest BCUT2D eigenvalue weighted by Crippen LogP contribution is 2.21. The Labute approximate surface area is 120 Å². The van der Waals surface area contributed by atoms with Crippen LogP contribution >= 0.6 is 27.5 Å².